The second-order valence-corrected chi connectivity index (χ2v) is 7.46. The van der Waals surface area contributed by atoms with Crippen molar-refractivity contribution in [1.82, 2.24) is 9.55 Å². The van der Waals surface area contributed by atoms with E-state index < -0.39 is 0 Å². The number of nitrogens with zero attached hydrogens (tertiary/aromatic N) is 2. The zero-order valence-electron chi connectivity index (χ0n) is 12.4. The van der Waals surface area contributed by atoms with Crippen molar-refractivity contribution in [2.45, 2.75) is 12.2 Å². The molecule has 0 aromatic carbocycles. The zero-order valence-corrected chi connectivity index (χ0v) is 14.0. The van der Waals surface area contributed by atoms with Gasteiger partial charge in [0.05, 0.1) is 17.4 Å². The van der Waals surface area contributed by atoms with Crippen LogP contribution >= 0.6 is 23.1 Å². The van der Waals surface area contributed by atoms with Gasteiger partial charge >= 0.3 is 0 Å². The first-order chi connectivity index (χ1) is 11.3. The van der Waals surface area contributed by atoms with E-state index in [1.54, 1.807) is 23.7 Å². The molecule has 0 bridgehead atoms. The number of thioether (sulfide) groups is 1. The van der Waals surface area contributed by atoms with Crippen LogP contribution in [0.5, 0.6) is 0 Å². The van der Waals surface area contributed by atoms with Crippen molar-refractivity contribution in [3.05, 3.63) is 65.1 Å². The number of hydrogen-bond donors (Lipinski definition) is 1. The highest BCUT2D eigenvalue weighted by Crippen LogP contribution is 2.38. The molecule has 3 aromatic rings. The van der Waals surface area contributed by atoms with Crippen LogP contribution in [0.25, 0.3) is 5.00 Å². The summed E-state index contributed by atoms with van der Waals surface area (Å²) in [4.78, 5) is 18.3. The Morgan fingerprint density at radius 2 is 2.13 bits per heavy atom. The van der Waals surface area contributed by atoms with E-state index in [1.807, 2.05) is 53.0 Å². The van der Waals surface area contributed by atoms with Crippen molar-refractivity contribution in [2.24, 2.45) is 0 Å². The predicted molar refractivity (Wildman–Crippen MR) is 95.7 cm³/mol. The van der Waals surface area contributed by atoms with Gasteiger partial charge in [0, 0.05) is 29.2 Å². The topological polar surface area (TPSA) is 46.9 Å². The molecular formula is C17H15N3OS2. The number of hydrogen-bond acceptors (Lipinski definition) is 4. The molecule has 4 nitrogen and oxygen atoms in total. The van der Waals surface area contributed by atoms with Crippen LogP contribution in [0.3, 0.4) is 0 Å². The van der Waals surface area contributed by atoms with Gasteiger partial charge in [0.25, 0.3) is 5.91 Å². The summed E-state index contributed by atoms with van der Waals surface area (Å²) in [5, 5.41) is 3.99. The van der Waals surface area contributed by atoms with Gasteiger partial charge in [0.15, 0.2) is 0 Å². The maximum absolute atomic E-state index is 12.9. The Labute approximate surface area is 142 Å². The Bertz CT molecular complexity index is 825. The molecule has 1 amide bonds. The summed E-state index contributed by atoms with van der Waals surface area (Å²) in [7, 11) is 0. The SMILES string of the molecule is O=C(Nc1cccnc1)c1c(-n2cccc2)sc2c1CCSC2. The number of amides is 1. The first-order valence-electron chi connectivity index (χ1n) is 7.40. The van der Waals surface area contributed by atoms with Crippen LogP contribution in [0.4, 0.5) is 5.69 Å². The summed E-state index contributed by atoms with van der Waals surface area (Å²) in [6.07, 6.45) is 8.30. The lowest BCUT2D eigenvalue weighted by Crippen LogP contribution is -2.16. The third-order valence-corrected chi connectivity index (χ3v) is 6.20. The van der Waals surface area contributed by atoms with E-state index in [9.17, 15) is 4.79 Å². The van der Waals surface area contributed by atoms with Crippen molar-refractivity contribution in [1.29, 1.82) is 0 Å². The Kier molecular flexibility index (Phi) is 3.93. The molecule has 0 unspecified atom stereocenters. The number of aromatic nitrogens is 2. The van der Waals surface area contributed by atoms with Gasteiger partial charge in [-0.1, -0.05) is 0 Å². The lowest BCUT2D eigenvalue weighted by atomic mass is 10.1. The van der Waals surface area contributed by atoms with Gasteiger partial charge in [0.2, 0.25) is 0 Å². The van der Waals surface area contributed by atoms with Crippen molar-refractivity contribution >= 4 is 34.7 Å². The highest BCUT2D eigenvalue weighted by molar-refractivity contribution is 7.98. The average molecular weight is 341 g/mol. The highest BCUT2D eigenvalue weighted by Gasteiger charge is 2.26. The van der Waals surface area contributed by atoms with Crippen LogP contribution in [-0.4, -0.2) is 21.2 Å². The van der Waals surface area contributed by atoms with E-state index in [2.05, 4.69) is 10.3 Å². The van der Waals surface area contributed by atoms with Crippen molar-refractivity contribution in [3.63, 3.8) is 0 Å². The smallest absolute Gasteiger partial charge is 0.259 e. The molecule has 23 heavy (non-hydrogen) atoms. The minimum Gasteiger partial charge on any atom is -0.320 e. The average Bonchev–Trinajstić information content (AvgIpc) is 3.23. The maximum atomic E-state index is 12.9. The molecule has 116 valence electrons. The number of rotatable bonds is 3. The Hall–Kier alpha value is -2.05. The second kappa shape index (κ2) is 6.22. The quantitative estimate of drug-likeness (QED) is 0.784. The Balaban J connectivity index is 1.77. The molecule has 1 aliphatic heterocycles. The summed E-state index contributed by atoms with van der Waals surface area (Å²) >= 11 is 3.66. The Morgan fingerprint density at radius 3 is 2.91 bits per heavy atom. The van der Waals surface area contributed by atoms with Crippen molar-refractivity contribution in [3.8, 4) is 5.00 Å². The van der Waals surface area contributed by atoms with Gasteiger partial charge in [-0.25, -0.2) is 0 Å². The van der Waals surface area contributed by atoms with Gasteiger partial charge in [-0.05, 0) is 42.0 Å². The zero-order chi connectivity index (χ0) is 15.6. The van der Waals surface area contributed by atoms with E-state index in [0.29, 0.717) is 0 Å². The van der Waals surface area contributed by atoms with E-state index in [4.69, 9.17) is 0 Å². The molecule has 6 heteroatoms. The first kappa shape index (κ1) is 14.5. The van der Waals surface area contributed by atoms with Gasteiger partial charge in [-0.15, -0.1) is 11.3 Å². The summed E-state index contributed by atoms with van der Waals surface area (Å²) in [6.45, 7) is 0. The maximum Gasteiger partial charge on any atom is 0.259 e. The molecule has 1 N–H and O–H groups in total. The number of carbonyl (C=O) groups excluding carboxylic acids is 1. The number of fused-ring (bicyclic) bond motifs is 1. The van der Waals surface area contributed by atoms with E-state index in [-0.39, 0.29) is 5.91 Å². The summed E-state index contributed by atoms with van der Waals surface area (Å²) in [5.74, 6) is 2.02. The number of pyridine rings is 1. The molecule has 3 aromatic heterocycles. The standard InChI is InChI=1S/C17H15N3OS2/c21-16(19-12-4-3-6-18-10-12)15-13-5-9-22-11-14(13)23-17(15)20-7-1-2-8-20/h1-4,6-8,10H,5,9,11H2,(H,19,21). The van der Waals surface area contributed by atoms with Crippen LogP contribution in [-0.2, 0) is 12.2 Å². The normalized spacial score (nSPS) is 13.6. The van der Waals surface area contributed by atoms with Gasteiger partial charge < -0.3 is 9.88 Å². The third kappa shape index (κ3) is 2.80. The predicted octanol–water partition coefficient (Wildman–Crippen LogP) is 3.98. The molecule has 1 aliphatic rings. The molecule has 0 aliphatic carbocycles. The molecule has 0 radical (unpaired) electrons. The fourth-order valence-corrected chi connectivity index (χ4v) is 5.18. The molecule has 0 saturated heterocycles. The number of thiophene rings is 1. The lowest BCUT2D eigenvalue weighted by molar-refractivity contribution is 0.102. The minimum absolute atomic E-state index is 0.0499. The van der Waals surface area contributed by atoms with E-state index in [1.165, 1.54) is 10.4 Å². The van der Waals surface area contributed by atoms with E-state index >= 15 is 0 Å². The number of anilines is 1. The fraction of sp³-hybridized carbons (Fsp3) is 0.176. The second-order valence-electron chi connectivity index (χ2n) is 5.27. The van der Waals surface area contributed by atoms with Crippen molar-refractivity contribution in [2.75, 3.05) is 11.1 Å². The largest absolute Gasteiger partial charge is 0.320 e. The molecule has 4 rings (SSSR count). The molecule has 0 saturated carbocycles. The molecular weight excluding hydrogens is 326 g/mol. The Morgan fingerprint density at radius 1 is 1.26 bits per heavy atom. The summed E-state index contributed by atoms with van der Waals surface area (Å²) < 4.78 is 2.03. The molecule has 0 fully saturated rings. The van der Waals surface area contributed by atoms with Crippen molar-refractivity contribution < 1.29 is 4.79 Å². The van der Waals surface area contributed by atoms with Crippen LogP contribution in [0, 0.1) is 0 Å². The number of nitrogens with one attached hydrogen (secondary N) is 1. The summed E-state index contributed by atoms with van der Waals surface area (Å²) in [6, 6.07) is 7.64. The number of carbonyl (C=O) groups is 1. The lowest BCUT2D eigenvalue weighted by Gasteiger charge is -2.13. The van der Waals surface area contributed by atoms with Gasteiger partial charge in [0.1, 0.15) is 5.00 Å². The third-order valence-electron chi connectivity index (χ3n) is 3.79. The molecule has 0 atom stereocenters. The highest BCUT2D eigenvalue weighted by atomic mass is 32.2. The monoisotopic (exact) mass is 341 g/mol. The minimum atomic E-state index is -0.0499. The van der Waals surface area contributed by atoms with Gasteiger partial charge in [-0.3, -0.25) is 9.78 Å². The molecule has 0 spiro atoms. The van der Waals surface area contributed by atoms with Crippen LogP contribution in [0.15, 0.2) is 49.1 Å². The van der Waals surface area contributed by atoms with Crippen LogP contribution in [0.2, 0.25) is 0 Å². The fourth-order valence-electron chi connectivity index (χ4n) is 2.73. The summed E-state index contributed by atoms with van der Waals surface area (Å²) in [5.41, 5.74) is 2.74. The van der Waals surface area contributed by atoms with Crippen LogP contribution in [0.1, 0.15) is 20.8 Å². The van der Waals surface area contributed by atoms with Gasteiger partial charge in [-0.2, -0.15) is 11.8 Å². The molecule has 4 heterocycles. The first-order valence-corrected chi connectivity index (χ1v) is 9.37. The van der Waals surface area contributed by atoms with E-state index in [0.717, 1.165) is 34.2 Å². The van der Waals surface area contributed by atoms with Crippen LogP contribution < -0.4 is 5.32 Å².